The molecule has 1 saturated heterocycles. The molecular formula is C15H24N4O. The smallest absolute Gasteiger partial charge is 0.254 e. The molecule has 0 bridgehead atoms. The van der Waals surface area contributed by atoms with Crippen LogP contribution in [0.1, 0.15) is 43.5 Å². The summed E-state index contributed by atoms with van der Waals surface area (Å²) in [6, 6.07) is 3.45. The first-order valence-electron chi connectivity index (χ1n) is 7.33. The molecule has 0 spiro atoms. The largest absolute Gasteiger partial charge is 0.339 e. The molecule has 2 rings (SSSR count). The van der Waals surface area contributed by atoms with Crippen molar-refractivity contribution in [1.29, 1.82) is 0 Å². The van der Waals surface area contributed by atoms with Crippen LogP contribution in [0.25, 0.3) is 0 Å². The molecule has 1 aliphatic heterocycles. The number of likely N-dealkylation sites (tertiary alicyclic amines) is 1. The summed E-state index contributed by atoms with van der Waals surface area (Å²) in [6.07, 6.45) is 5.00. The highest BCUT2D eigenvalue weighted by Gasteiger charge is 2.23. The van der Waals surface area contributed by atoms with Gasteiger partial charge in [-0.2, -0.15) is 0 Å². The normalized spacial score (nSPS) is 19.8. The van der Waals surface area contributed by atoms with E-state index in [2.05, 4.69) is 24.3 Å². The summed E-state index contributed by atoms with van der Waals surface area (Å²) in [7, 11) is 0. The number of carbonyl (C=O) groups excluding carboxylic acids is 1. The third-order valence-corrected chi connectivity index (χ3v) is 4.16. The highest BCUT2D eigenvalue weighted by molar-refractivity contribution is 5.94. The van der Waals surface area contributed by atoms with Crippen molar-refractivity contribution in [3.8, 4) is 0 Å². The lowest BCUT2D eigenvalue weighted by atomic mass is 9.89. The van der Waals surface area contributed by atoms with Gasteiger partial charge in [0.25, 0.3) is 5.91 Å². The van der Waals surface area contributed by atoms with Crippen LogP contribution in [-0.4, -0.2) is 28.9 Å². The zero-order valence-electron chi connectivity index (χ0n) is 12.3. The molecule has 2 heterocycles. The molecule has 1 atom stereocenters. The van der Waals surface area contributed by atoms with Gasteiger partial charge >= 0.3 is 0 Å². The molecule has 1 aromatic rings. The molecule has 20 heavy (non-hydrogen) atoms. The molecule has 1 unspecified atom stereocenters. The lowest BCUT2D eigenvalue weighted by Crippen LogP contribution is -2.32. The molecule has 1 amide bonds. The summed E-state index contributed by atoms with van der Waals surface area (Å²) in [5.74, 6) is 7.35. The average molecular weight is 276 g/mol. The number of anilines is 1. The van der Waals surface area contributed by atoms with Crippen molar-refractivity contribution in [3.05, 3.63) is 23.9 Å². The van der Waals surface area contributed by atoms with Crippen molar-refractivity contribution in [1.82, 2.24) is 9.88 Å². The first-order chi connectivity index (χ1) is 9.61. The van der Waals surface area contributed by atoms with Crippen molar-refractivity contribution in [2.75, 3.05) is 18.5 Å². The lowest BCUT2D eigenvalue weighted by Gasteiger charge is -2.21. The maximum atomic E-state index is 12.5. The second-order valence-corrected chi connectivity index (χ2v) is 5.80. The Morgan fingerprint density at radius 2 is 2.25 bits per heavy atom. The van der Waals surface area contributed by atoms with E-state index in [0.717, 1.165) is 31.8 Å². The molecule has 0 radical (unpaired) electrons. The second kappa shape index (κ2) is 6.70. The van der Waals surface area contributed by atoms with E-state index in [0.29, 0.717) is 17.3 Å². The third kappa shape index (κ3) is 3.48. The van der Waals surface area contributed by atoms with E-state index in [1.807, 2.05) is 4.90 Å². The number of aromatic nitrogens is 1. The summed E-state index contributed by atoms with van der Waals surface area (Å²) in [5.41, 5.74) is 3.13. The van der Waals surface area contributed by atoms with E-state index in [1.165, 1.54) is 6.42 Å². The Hall–Kier alpha value is -1.62. The van der Waals surface area contributed by atoms with Crippen molar-refractivity contribution in [2.45, 2.75) is 33.1 Å². The number of rotatable bonds is 3. The molecule has 1 fully saturated rings. The molecule has 0 aliphatic carbocycles. The predicted molar refractivity (Wildman–Crippen MR) is 80.1 cm³/mol. The van der Waals surface area contributed by atoms with Gasteiger partial charge in [-0.15, -0.1) is 0 Å². The fourth-order valence-electron chi connectivity index (χ4n) is 2.82. The zero-order chi connectivity index (χ0) is 14.5. The number of hydrogen-bond acceptors (Lipinski definition) is 4. The third-order valence-electron chi connectivity index (χ3n) is 4.16. The fraction of sp³-hybridized carbons (Fsp3) is 0.600. The van der Waals surface area contributed by atoms with Crippen LogP contribution in [0.3, 0.4) is 0 Å². The standard InChI is InChI=1S/C15H24N4O/c1-11(2)12-4-3-8-19(9-6-12)15(20)13-5-7-17-14(10-13)18-16/h5,7,10-12H,3-4,6,8-9,16H2,1-2H3,(H,17,18). The van der Waals surface area contributed by atoms with Gasteiger partial charge in [0.15, 0.2) is 0 Å². The van der Waals surface area contributed by atoms with Gasteiger partial charge in [0.1, 0.15) is 5.82 Å². The topological polar surface area (TPSA) is 71.2 Å². The van der Waals surface area contributed by atoms with Gasteiger partial charge in [-0.05, 0) is 43.2 Å². The number of carbonyl (C=O) groups is 1. The van der Waals surface area contributed by atoms with Crippen LogP contribution in [0, 0.1) is 11.8 Å². The van der Waals surface area contributed by atoms with E-state index < -0.39 is 0 Å². The average Bonchev–Trinajstić information content (AvgIpc) is 2.72. The number of pyridine rings is 1. The summed E-state index contributed by atoms with van der Waals surface area (Å²) in [4.78, 5) is 18.5. The first kappa shape index (κ1) is 14.8. The van der Waals surface area contributed by atoms with Crippen LogP contribution in [-0.2, 0) is 0 Å². The number of amides is 1. The molecule has 3 N–H and O–H groups in total. The Labute approximate surface area is 120 Å². The second-order valence-electron chi connectivity index (χ2n) is 5.80. The first-order valence-corrected chi connectivity index (χ1v) is 7.33. The predicted octanol–water partition coefficient (Wildman–Crippen LogP) is 2.27. The monoisotopic (exact) mass is 276 g/mol. The molecule has 5 nitrogen and oxygen atoms in total. The van der Waals surface area contributed by atoms with Crippen LogP contribution < -0.4 is 11.3 Å². The van der Waals surface area contributed by atoms with E-state index in [4.69, 9.17) is 5.84 Å². The molecule has 1 aromatic heterocycles. The lowest BCUT2D eigenvalue weighted by molar-refractivity contribution is 0.0758. The minimum absolute atomic E-state index is 0.0771. The Balaban J connectivity index is 2.05. The van der Waals surface area contributed by atoms with Crippen LogP contribution in [0.4, 0.5) is 5.82 Å². The number of nitrogens with zero attached hydrogens (tertiary/aromatic N) is 2. The summed E-state index contributed by atoms with van der Waals surface area (Å²) in [5, 5.41) is 0. The van der Waals surface area contributed by atoms with E-state index in [1.54, 1.807) is 18.3 Å². The quantitative estimate of drug-likeness (QED) is 0.656. The molecule has 1 aliphatic rings. The van der Waals surface area contributed by atoms with Gasteiger partial charge in [0, 0.05) is 24.8 Å². The number of nitrogens with one attached hydrogen (secondary N) is 1. The van der Waals surface area contributed by atoms with Crippen molar-refractivity contribution in [2.24, 2.45) is 17.7 Å². The van der Waals surface area contributed by atoms with Crippen molar-refractivity contribution >= 4 is 11.7 Å². The van der Waals surface area contributed by atoms with E-state index >= 15 is 0 Å². The van der Waals surface area contributed by atoms with Gasteiger partial charge in [0.2, 0.25) is 0 Å². The van der Waals surface area contributed by atoms with Crippen molar-refractivity contribution in [3.63, 3.8) is 0 Å². The summed E-state index contributed by atoms with van der Waals surface area (Å²) >= 11 is 0. The Morgan fingerprint density at radius 1 is 1.45 bits per heavy atom. The van der Waals surface area contributed by atoms with Gasteiger partial charge in [-0.3, -0.25) is 4.79 Å². The summed E-state index contributed by atoms with van der Waals surface area (Å²) in [6.45, 7) is 6.22. The SMILES string of the molecule is CC(C)C1CCCN(C(=O)c2ccnc(NN)c2)CC1. The molecule has 0 aromatic carbocycles. The number of hydrogen-bond donors (Lipinski definition) is 2. The highest BCUT2D eigenvalue weighted by Crippen LogP contribution is 2.25. The Morgan fingerprint density at radius 3 is 2.95 bits per heavy atom. The van der Waals surface area contributed by atoms with Crippen molar-refractivity contribution < 1.29 is 4.79 Å². The molecule has 110 valence electrons. The van der Waals surface area contributed by atoms with Crippen LogP contribution in [0.15, 0.2) is 18.3 Å². The highest BCUT2D eigenvalue weighted by atomic mass is 16.2. The van der Waals surface area contributed by atoms with Gasteiger partial charge in [-0.25, -0.2) is 10.8 Å². The van der Waals surface area contributed by atoms with E-state index in [-0.39, 0.29) is 5.91 Å². The Kier molecular flexibility index (Phi) is 4.95. The molecule has 0 saturated carbocycles. The van der Waals surface area contributed by atoms with Gasteiger partial charge < -0.3 is 10.3 Å². The van der Waals surface area contributed by atoms with Gasteiger partial charge in [-0.1, -0.05) is 13.8 Å². The molecule has 5 heteroatoms. The molecular weight excluding hydrogens is 252 g/mol. The minimum Gasteiger partial charge on any atom is -0.339 e. The maximum Gasteiger partial charge on any atom is 0.254 e. The van der Waals surface area contributed by atoms with Crippen LogP contribution in [0.5, 0.6) is 0 Å². The number of hydrazine groups is 1. The fourth-order valence-corrected chi connectivity index (χ4v) is 2.82. The number of nitrogen functional groups attached to an aromatic ring is 1. The zero-order valence-corrected chi connectivity index (χ0v) is 12.3. The van der Waals surface area contributed by atoms with Gasteiger partial charge in [0.05, 0.1) is 0 Å². The summed E-state index contributed by atoms with van der Waals surface area (Å²) < 4.78 is 0. The Bertz CT molecular complexity index is 461. The van der Waals surface area contributed by atoms with Crippen LogP contribution in [0.2, 0.25) is 0 Å². The maximum absolute atomic E-state index is 12.5. The van der Waals surface area contributed by atoms with Crippen LogP contribution >= 0.6 is 0 Å². The number of nitrogens with two attached hydrogens (primary N) is 1. The minimum atomic E-state index is 0.0771. The van der Waals surface area contributed by atoms with E-state index in [9.17, 15) is 4.79 Å².